The van der Waals surface area contributed by atoms with Crippen molar-refractivity contribution < 1.29 is 23.7 Å². The highest BCUT2D eigenvalue weighted by atomic mass is 127. The second-order valence-corrected chi connectivity index (χ2v) is 9.90. The van der Waals surface area contributed by atoms with Crippen molar-refractivity contribution in [3.63, 3.8) is 0 Å². The van der Waals surface area contributed by atoms with E-state index in [0.29, 0.717) is 27.1 Å². The molecule has 1 heterocycles. The van der Waals surface area contributed by atoms with E-state index < -0.39 is 0 Å². The number of thioether (sulfide) groups is 2. The molecule has 8 heteroatoms. The second kappa shape index (κ2) is 9.58. The lowest BCUT2D eigenvalue weighted by Gasteiger charge is -2.17. The lowest BCUT2D eigenvalue weighted by Crippen LogP contribution is -1.99. The molecule has 0 bridgehead atoms. The van der Waals surface area contributed by atoms with Gasteiger partial charge in [0.25, 0.3) is 0 Å². The van der Waals surface area contributed by atoms with Crippen LogP contribution in [0.2, 0.25) is 0 Å². The molecule has 28 heavy (non-hydrogen) atoms. The monoisotopic (exact) mass is 534 g/mol. The first-order chi connectivity index (χ1) is 13.6. The van der Waals surface area contributed by atoms with Crippen LogP contribution in [0.4, 0.5) is 0 Å². The molecule has 5 nitrogen and oxygen atoms in total. The van der Waals surface area contributed by atoms with Crippen molar-refractivity contribution in [2.24, 2.45) is 0 Å². The number of hydrogen-bond acceptors (Lipinski definition) is 7. The van der Waals surface area contributed by atoms with Crippen molar-refractivity contribution in [1.29, 1.82) is 0 Å². The topological polar surface area (TPSA) is 46.2 Å². The molecule has 0 amide bonds. The fourth-order valence-electron chi connectivity index (χ4n) is 3.11. The number of hydrogen-bond donors (Lipinski definition) is 0. The summed E-state index contributed by atoms with van der Waals surface area (Å²) in [6.45, 7) is 0. The van der Waals surface area contributed by atoms with Gasteiger partial charge in [0.2, 0.25) is 5.75 Å². The molecule has 2 unspecified atom stereocenters. The first kappa shape index (κ1) is 21.6. The van der Waals surface area contributed by atoms with Crippen molar-refractivity contribution >= 4 is 46.1 Å². The molecule has 2 aromatic rings. The predicted octanol–water partition coefficient (Wildman–Crippen LogP) is 5.55. The third-order valence-corrected chi connectivity index (χ3v) is 8.62. The molecule has 3 rings (SSSR count). The van der Waals surface area contributed by atoms with Gasteiger partial charge in [0.05, 0.1) is 43.7 Å². The molecule has 2 aromatic carbocycles. The van der Waals surface area contributed by atoms with Crippen LogP contribution in [0.1, 0.15) is 21.0 Å². The summed E-state index contributed by atoms with van der Waals surface area (Å²) in [4.78, 5) is 0. The molecule has 0 radical (unpaired) electrons. The number of methoxy groups -OCH3 is 5. The Hall–Kier alpha value is -1.13. The summed E-state index contributed by atoms with van der Waals surface area (Å²) < 4.78 is 28.8. The van der Waals surface area contributed by atoms with E-state index in [1.807, 2.05) is 35.7 Å². The minimum absolute atomic E-state index is 0.317. The molecule has 0 aliphatic carbocycles. The average Bonchev–Trinajstić information content (AvgIpc) is 3.22. The van der Waals surface area contributed by atoms with Crippen molar-refractivity contribution in [2.75, 3.05) is 41.3 Å². The molecule has 0 spiro atoms. The van der Waals surface area contributed by atoms with Crippen LogP contribution in [-0.4, -0.2) is 41.3 Å². The largest absolute Gasteiger partial charge is 0.493 e. The Morgan fingerprint density at radius 3 is 1.82 bits per heavy atom. The van der Waals surface area contributed by atoms with Gasteiger partial charge in [-0.1, -0.05) is 0 Å². The Balaban J connectivity index is 1.87. The smallest absolute Gasteiger partial charge is 0.203 e. The number of rotatable bonds is 7. The summed E-state index contributed by atoms with van der Waals surface area (Å²) in [5.41, 5.74) is 2.40. The van der Waals surface area contributed by atoms with E-state index in [2.05, 4.69) is 34.7 Å². The molecule has 152 valence electrons. The maximum Gasteiger partial charge on any atom is 0.203 e. The zero-order valence-corrected chi connectivity index (χ0v) is 20.2. The van der Waals surface area contributed by atoms with Crippen LogP contribution in [0.3, 0.4) is 0 Å². The molecule has 1 saturated heterocycles. The first-order valence-corrected chi connectivity index (χ1v) is 11.6. The van der Waals surface area contributed by atoms with Gasteiger partial charge >= 0.3 is 0 Å². The molecule has 2 atom stereocenters. The third-order valence-electron chi connectivity index (χ3n) is 4.47. The molecule has 1 aliphatic heterocycles. The fraction of sp³-hybridized carbons (Fsp3) is 0.400. The van der Waals surface area contributed by atoms with Crippen LogP contribution in [0.25, 0.3) is 0 Å². The van der Waals surface area contributed by atoms with Crippen molar-refractivity contribution in [2.45, 2.75) is 9.83 Å². The summed E-state index contributed by atoms with van der Waals surface area (Å²) >= 11 is 6.14. The van der Waals surface area contributed by atoms with Crippen LogP contribution in [0.5, 0.6) is 28.7 Å². The van der Waals surface area contributed by atoms with Crippen molar-refractivity contribution in [1.82, 2.24) is 0 Å². The van der Waals surface area contributed by atoms with Gasteiger partial charge < -0.3 is 23.7 Å². The number of benzene rings is 2. The Morgan fingerprint density at radius 2 is 1.29 bits per heavy atom. The van der Waals surface area contributed by atoms with Gasteiger partial charge in [0, 0.05) is 11.0 Å². The van der Waals surface area contributed by atoms with E-state index in [1.54, 1.807) is 35.5 Å². The number of ether oxygens (including phenoxy) is 5. The maximum atomic E-state index is 5.52. The minimum Gasteiger partial charge on any atom is -0.493 e. The first-order valence-electron chi connectivity index (χ1n) is 8.54. The molecule has 0 saturated carbocycles. The molecule has 0 aromatic heterocycles. The summed E-state index contributed by atoms with van der Waals surface area (Å²) in [7, 11) is 8.25. The van der Waals surface area contributed by atoms with Crippen LogP contribution in [-0.2, 0) is 0 Å². The zero-order valence-electron chi connectivity index (χ0n) is 16.4. The van der Waals surface area contributed by atoms with Crippen LogP contribution in [0.15, 0.2) is 24.3 Å². The van der Waals surface area contributed by atoms with Crippen molar-refractivity contribution in [3.05, 3.63) is 39.0 Å². The van der Waals surface area contributed by atoms with Gasteiger partial charge in [0.1, 0.15) is 0 Å². The van der Waals surface area contributed by atoms with Gasteiger partial charge in [-0.3, -0.25) is 0 Å². The normalized spacial score (nSPS) is 18.6. The predicted molar refractivity (Wildman–Crippen MR) is 124 cm³/mol. The summed E-state index contributed by atoms with van der Waals surface area (Å²) in [5, 5.41) is 0.328. The van der Waals surface area contributed by atoms with Gasteiger partial charge in [-0.2, -0.15) is 0 Å². The molecule has 1 fully saturated rings. The second-order valence-electron chi connectivity index (χ2n) is 5.99. The molecule has 1 aliphatic rings. The van der Waals surface area contributed by atoms with Crippen molar-refractivity contribution in [3.8, 4) is 28.7 Å². The summed E-state index contributed by atoms with van der Waals surface area (Å²) in [6, 6.07) is 8.33. The lowest BCUT2D eigenvalue weighted by molar-refractivity contribution is 0.324. The Bertz CT molecular complexity index is 821. The van der Waals surface area contributed by atoms with E-state index in [-0.39, 0.29) is 0 Å². The van der Waals surface area contributed by atoms with E-state index in [1.165, 1.54) is 11.1 Å². The van der Waals surface area contributed by atoms with Crippen LogP contribution >= 0.6 is 46.1 Å². The fourth-order valence-corrected chi connectivity index (χ4v) is 7.22. The van der Waals surface area contributed by atoms with Gasteiger partial charge in [-0.05, 0) is 58.0 Å². The third kappa shape index (κ3) is 4.23. The SMILES string of the molecule is COc1cc(C2SCC(c3cc(OC)c(OC)c(OC)c3)S2)cc(I)c1OC. The van der Waals surface area contributed by atoms with Crippen LogP contribution in [0, 0.1) is 3.57 Å². The lowest BCUT2D eigenvalue weighted by atomic mass is 10.1. The minimum atomic E-state index is 0.317. The Kier molecular flexibility index (Phi) is 7.38. The van der Waals surface area contributed by atoms with Gasteiger partial charge in [0.15, 0.2) is 23.0 Å². The standard InChI is InChI=1S/C20H23IO5S2/c1-22-14-9-12(6-13(21)18(14)25-4)20-27-10-17(28-20)11-7-15(23-2)19(26-5)16(8-11)24-3/h6-9,17,20H,10H2,1-5H3. The van der Waals surface area contributed by atoms with Gasteiger partial charge in [-0.15, -0.1) is 23.5 Å². The van der Waals surface area contributed by atoms with E-state index in [4.69, 9.17) is 23.7 Å². The van der Waals surface area contributed by atoms with Gasteiger partial charge in [-0.25, -0.2) is 0 Å². The molecular weight excluding hydrogens is 511 g/mol. The van der Waals surface area contributed by atoms with Crippen LogP contribution < -0.4 is 23.7 Å². The summed E-state index contributed by atoms with van der Waals surface area (Å²) in [6.07, 6.45) is 0. The Morgan fingerprint density at radius 1 is 0.750 bits per heavy atom. The molecule has 0 N–H and O–H groups in total. The maximum absolute atomic E-state index is 5.52. The number of halogens is 1. The zero-order chi connectivity index (χ0) is 20.3. The quantitative estimate of drug-likeness (QED) is 0.432. The highest BCUT2D eigenvalue weighted by Gasteiger charge is 2.31. The van der Waals surface area contributed by atoms with E-state index in [9.17, 15) is 0 Å². The average molecular weight is 534 g/mol. The summed E-state index contributed by atoms with van der Waals surface area (Å²) in [5.74, 6) is 4.54. The highest BCUT2D eigenvalue weighted by Crippen LogP contribution is 2.58. The van der Waals surface area contributed by atoms with E-state index >= 15 is 0 Å². The van der Waals surface area contributed by atoms with E-state index in [0.717, 1.165) is 20.8 Å². The molecular formula is C20H23IO5S2. The highest BCUT2D eigenvalue weighted by molar-refractivity contribution is 14.1. The Labute approximate surface area is 187 Å².